The highest BCUT2D eigenvalue weighted by molar-refractivity contribution is 9.10. The summed E-state index contributed by atoms with van der Waals surface area (Å²) < 4.78 is 11.6. The van der Waals surface area contributed by atoms with Crippen molar-refractivity contribution < 1.29 is 9.47 Å². The van der Waals surface area contributed by atoms with Crippen LogP contribution in [-0.2, 0) is 16.9 Å². The molecule has 1 aromatic rings. The number of fused-ring (bicyclic) bond motifs is 1. The first-order chi connectivity index (χ1) is 6.98. The summed E-state index contributed by atoms with van der Waals surface area (Å²) in [6.45, 7) is 4.86. The summed E-state index contributed by atoms with van der Waals surface area (Å²) in [5, 5.41) is 0. The molecule has 2 N–H and O–H groups in total. The second-order valence-corrected chi connectivity index (χ2v) is 5.13. The van der Waals surface area contributed by atoms with E-state index in [9.17, 15) is 0 Å². The van der Waals surface area contributed by atoms with Crippen LogP contribution in [0.3, 0.4) is 0 Å². The van der Waals surface area contributed by atoms with Crippen LogP contribution < -0.4 is 10.5 Å². The summed E-state index contributed by atoms with van der Waals surface area (Å²) in [5.41, 5.74) is 7.80. The van der Waals surface area contributed by atoms with Gasteiger partial charge in [-0.3, -0.25) is 0 Å². The van der Waals surface area contributed by atoms with Gasteiger partial charge < -0.3 is 15.2 Å². The molecule has 0 aliphatic carbocycles. The average Bonchev–Trinajstić information content (AvgIpc) is 2.15. The molecule has 1 aliphatic rings. The third-order valence-electron chi connectivity index (χ3n) is 2.40. The number of hydrogen-bond donors (Lipinski definition) is 1. The van der Waals surface area contributed by atoms with Gasteiger partial charge in [0.1, 0.15) is 5.75 Å². The molecule has 3 nitrogen and oxygen atoms in total. The molecule has 0 spiro atoms. The monoisotopic (exact) mass is 271 g/mol. The molecule has 0 saturated heterocycles. The van der Waals surface area contributed by atoms with Crippen molar-refractivity contribution in [3.63, 3.8) is 0 Å². The summed E-state index contributed by atoms with van der Waals surface area (Å²) in [6.07, 6.45) is 0. The van der Waals surface area contributed by atoms with E-state index in [-0.39, 0.29) is 5.54 Å². The van der Waals surface area contributed by atoms with E-state index in [2.05, 4.69) is 15.9 Å². The van der Waals surface area contributed by atoms with Crippen molar-refractivity contribution >= 4 is 15.9 Å². The third kappa shape index (κ3) is 2.17. The largest absolute Gasteiger partial charge is 0.467 e. The molecule has 0 saturated carbocycles. The van der Waals surface area contributed by atoms with E-state index in [1.54, 1.807) is 0 Å². The lowest BCUT2D eigenvalue weighted by atomic mass is 9.94. The summed E-state index contributed by atoms with van der Waals surface area (Å²) in [4.78, 5) is 0. The summed E-state index contributed by atoms with van der Waals surface area (Å²) >= 11 is 3.52. The number of ether oxygens (including phenoxy) is 2. The maximum absolute atomic E-state index is 6.07. The summed E-state index contributed by atoms with van der Waals surface area (Å²) in [6, 6.07) is 4.00. The predicted molar refractivity (Wildman–Crippen MR) is 61.6 cm³/mol. The molecule has 82 valence electrons. The predicted octanol–water partition coefficient (Wildman–Crippen LogP) is 2.51. The number of nitrogens with two attached hydrogens (primary N) is 1. The Bertz CT molecular complexity index is 385. The molecule has 2 rings (SSSR count). The quantitative estimate of drug-likeness (QED) is 0.854. The maximum Gasteiger partial charge on any atom is 0.189 e. The Morgan fingerprint density at radius 1 is 1.40 bits per heavy atom. The van der Waals surface area contributed by atoms with Gasteiger partial charge in [0.25, 0.3) is 0 Å². The van der Waals surface area contributed by atoms with E-state index >= 15 is 0 Å². The van der Waals surface area contributed by atoms with Gasteiger partial charge in [-0.2, -0.15) is 0 Å². The van der Waals surface area contributed by atoms with Crippen LogP contribution >= 0.6 is 15.9 Å². The minimum atomic E-state index is -0.379. The van der Waals surface area contributed by atoms with E-state index in [1.165, 1.54) is 0 Å². The molecule has 1 heterocycles. The fraction of sp³-hybridized carbons (Fsp3) is 0.455. The summed E-state index contributed by atoms with van der Waals surface area (Å²) in [5.74, 6) is 0.873. The number of benzene rings is 1. The summed E-state index contributed by atoms with van der Waals surface area (Å²) in [7, 11) is 0. The molecule has 0 atom stereocenters. The van der Waals surface area contributed by atoms with E-state index < -0.39 is 0 Å². The van der Waals surface area contributed by atoms with Gasteiger partial charge in [0.15, 0.2) is 6.79 Å². The second-order valence-electron chi connectivity index (χ2n) is 4.27. The first-order valence-electron chi connectivity index (χ1n) is 4.81. The highest BCUT2D eigenvalue weighted by Gasteiger charge is 2.21. The lowest BCUT2D eigenvalue weighted by Gasteiger charge is -2.25. The topological polar surface area (TPSA) is 44.5 Å². The van der Waals surface area contributed by atoms with Gasteiger partial charge >= 0.3 is 0 Å². The molecule has 1 aliphatic heterocycles. The van der Waals surface area contributed by atoms with Gasteiger partial charge in [-0.1, -0.05) is 15.9 Å². The van der Waals surface area contributed by atoms with Crippen LogP contribution in [0.25, 0.3) is 0 Å². The molecule has 0 bridgehead atoms. The van der Waals surface area contributed by atoms with Crippen molar-refractivity contribution in [2.24, 2.45) is 5.73 Å². The minimum Gasteiger partial charge on any atom is -0.467 e. The normalized spacial score (nSPS) is 15.7. The van der Waals surface area contributed by atoms with Gasteiger partial charge in [0, 0.05) is 15.6 Å². The molecule has 0 fully saturated rings. The van der Waals surface area contributed by atoms with Crippen LogP contribution in [0.15, 0.2) is 16.6 Å². The molecule has 0 aromatic heterocycles. The maximum atomic E-state index is 6.07. The fourth-order valence-corrected chi connectivity index (χ4v) is 2.49. The Kier molecular flexibility index (Phi) is 2.75. The number of hydrogen-bond acceptors (Lipinski definition) is 3. The van der Waals surface area contributed by atoms with Gasteiger partial charge in [0.2, 0.25) is 0 Å². The molecule has 0 unspecified atom stereocenters. The lowest BCUT2D eigenvalue weighted by molar-refractivity contribution is -0.0165. The van der Waals surface area contributed by atoms with Crippen molar-refractivity contribution in [1.29, 1.82) is 0 Å². The van der Waals surface area contributed by atoms with E-state index in [1.807, 2.05) is 26.0 Å². The van der Waals surface area contributed by atoms with Crippen LogP contribution in [0.5, 0.6) is 5.75 Å². The molecule has 15 heavy (non-hydrogen) atoms. The zero-order valence-corrected chi connectivity index (χ0v) is 10.4. The Hall–Kier alpha value is -0.580. The van der Waals surface area contributed by atoms with Crippen molar-refractivity contribution in [1.82, 2.24) is 0 Å². The number of halogens is 1. The van der Waals surface area contributed by atoms with Crippen molar-refractivity contribution in [3.05, 3.63) is 27.7 Å². The Morgan fingerprint density at radius 2 is 2.13 bits per heavy atom. The minimum absolute atomic E-state index is 0.319. The molecule has 4 heteroatoms. The number of rotatable bonds is 1. The second kappa shape index (κ2) is 3.77. The Balaban J connectivity index is 2.50. The van der Waals surface area contributed by atoms with Crippen molar-refractivity contribution in [2.45, 2.75) is 26.0 Å². The molecule has 0 radical (unpaired) electrons. The van der Waals surface area contributed by atoms with Gasteiger partial charge in [0.05, 0.1) is 6.61 Å². The van der Waals surface area contributed by atoms with Crippen LogP contribution in [-0.4, -0.2) is 6.79 Å². The molecular weight excluding hydrogens is 258 g/mol. The molecular formula is C11H14BrNO2. The average molecular weight is 272 g/mol. The van der Waals surface area contributed by atoms with E-state index in [0.29, 0.717) is 13.4 Å². The van der Waals surface area contributed by atoms with Crippen molar-refractivity contribution in [3.8, 4) is 5.75 Å². The van der Waals surface area contributed by atoms with Crippen LogP contribution in [0, 0.1) is 0 Å². The molecule has 1 aromatic carbocycles. The first kappa shape index (κ1) is 10.9. The van der Waals surface area contributed by atoms with Gasteiger partial charge in [-0.05, 0) is 31.5 Å². The van der Waals surface area contributed by atoms with Gasteiger partial charge in [-0.15, -0.1) is 0 Å². The standard InChI is InChI=1S/C11H14BrNO2/c1-11(2,13)8-4-10-7(3-9(8)12)5-14-6-15-10/h3-4H,5-6,13H2,1-2H3. The highest BCUT2D eigenvalue weighted by Crippen LogP contribution is 2.34. The van der Waals surface area contributed by atoms with Crippen LogP contribution in [0.2, 0.25) is 0 Å². The van der Waals surface area contributed by atoms with Crippen molar-refractivity contribution in [2.75, 3.05) is 6.79 Å². The highest BCUT2D eigenvalue weighted by atomic mass is 79.9. The van der Waals surface area contributed by atoms with Gasteiger partial charge in [-0.25, -0.2) is 0 Å². The zero-order chi connectivity index (χ0) is 11.1. The van der Waals surface area contributed by atoms with E-state index in [4.69, 9.17) is 15.2 Å². The fourth-order valence-electron chi connectivity index (χ4n) is 1.59. The lowest BCUT2D eigenvalue weighted by Crippen LogP contribution is -2.29. The van der Waals surface area contributed by atoms with E-state index in [0.717, 1.165) is 21.3 Å². The Morgan fingerprint density at radius 3 is 2.80 bits per heavy atom. The third-order valence-corrected chi connectivity index (χ3v) is 3.06. The molecule has 0 amide bonds. The first-order valence-corrected chi connectivity index (χ1v) is 5.60. The van der Waals surface area contributed by atoms with Crippen LogP contribution in [0.4, 0.5) is 0 Å². The smallest absolute Gasteiger partial charge is 0.189 e. The van der Waals surface area contributed by atoms with Crippen LogP contribution in [0.1, 0.15) is 25.0 Å². The SMILES string of the molecule is CC(C)(N)c1cc2c(cc1Br)COCO2. The Labute approximate surface area is 97.7 Å². The zero-order valence-electron chi connectivity index (χ0n) is 8.84.